The fourth-order valence-corrected chi connectivity index (χ4v) is 2.70. The Morgan fingerprint density at radius 1 is 1.30 bits per heavy atom. The lowest BCUT2D eigenvalue weighted by atomic mass is 10.0. The van der Waals surface area contributed by atoms with Crippen LogP contribution in [0, 0.1) is 0 Å². The minimum absolute atomic E-state index is 0.191. The zero-order valence-corrected chi connectivity index (χ0v) is 12.7. The van der Waals surface area contributed by atoms with Gasteiger partial charge in [-0.2, -0.15) is 0 Å². The molecule has 0 atom stereocenters. The van der Waals surface area contributed by atoms with Gasteiger partial charge in [0.05, 0.1) is 0 Å². The van der Waals surface area contributed by atoms with Crippen molar-refractivity contribution in [2.45, 2.75) is 32.4 Å². The number of rotatable bonds is 4. The quantitative estimate of drug-likeness (QED) is 0.915. The number of amides is 1. The van der Waals surface area contributed by atoms with Crippen molar-refractivity contribution >= 4 is 11.6 Å². The molecule has 0 unspecified atom stereocenters. The van der Waals surface area contributed by atoms with Crippen LogP contribution in [0.4, 0.5) is 5.69 Å². The van der Waals surface area contributed by atoms with Gasteiger partial charge >= 0.3 is 0 Å². The molecule has 1 aliphatic rings. The first-order chi connectivity index (χ1) is 9.56. The highest BCUT2D eigenvalue weighted by atomic mass is 16.2. The average molecular weight is 275 g/mol. The van der Waals surface area contributed by atoms with Gasteiger partial charge in [-0.1, -0.05) is 18.2 Å². The summed E-state index contributed by atoms with van der Waals surface area (Å²) >= 11 is 0. The van der Waals surface area contributed by atoms with E-state index in [9.17, 15) is 4.79 Å². The van der Waals surface area contributed by atoms with E-state index in [0.29, 0.717) is 6.04 Å². The minimum atomic E-state index is 0.191. The molecule has 1 N–H and O–H groups in total. The average Bonchev–Trinajstić information content (AvgIpc) is 2.41. The second-order valence-corrected chi connectivity index (χ2v) is 5.82. The molecule has 0 aromatic heterocycles. The summed E-state index contributed by atoms with van der Waals surface area (Å²) in [6.07, 6.45) is 2.05. The highest BCUT2D eigenvalue weighted by Crippen LogP contribution is 2.21. The maximum Gasteiger partial charge on any atom is 0.219 e. The third kappa shape index (κ3) is 3.97. The normalized spacial score (nSPS) is 16.5. The maximum atomic E-state index is 11.3. The van der Waals surface area contributed by atoms with Gasteiger partial charge in [-0.25, -0.2) is 0 Å². The molecule has 0 aliphatic carbocycles. The van der Waals surface area contributed by atoms with Crippen LogP contribution < -0.4 is 5.32 Å². The smallest absolute Gasteiger partial charge is 0.219 e. The van der Waals surface area contributed by atoms with Crippen molar-refractivity contribution in [1.29, 1.82) is 0 Å². The number of hydrogen-bond donors (Lipinski definition) is 1. The molecule has 1 aromatic rings. The zero-order chi connectivity index (χ0) is 14.5. The molecule has 0 bridgehead atoms. The molecule has 1 amide bonds. The molecule has 20 heavy (non-hydrogen) atoms. The Bertz CT molecular complexity index is 451. The van der Waals surface area contributed by atoms with E-state index in [-0.39, 0.29) is 5.91 Å². The number of benzene rings is 1. The number of anilines is 1. The standard InChI is InChI=1S/C16H25N3O/c1-13(20)19-10-8-15(9-11-19)17-16-7-5-4-6-14(16)12-18(2)3/h4-7,15,17H,8-12H2,1-3H3. The molecule has 1 aliphatic heterocycles. The Morgan fingerprint density at radius 2 is 1.95 bits per heavy atom. The summed E-state index contributed by atoms with van der Waals surface area (Å²) in [7, 11) is 4.17. The highest BCUT2D eigenvalue weighted by molar-refractivity contribution is 5.73. The summed E-state index contributed by atoms with van der Waals surface area (Å²) in [5, 5.41) is 3.65. The summed E-state index contributed by atoms with van der Waals surface area (Å²) < 4.78 is 0. The first kappa shape index (κ1) is 14.9. The van der Waals surface area contributed by atoms with E-state index < -0.39 is 0 Å². The largest absolute Gasteiger partial charge is 0.382 e. The van der Waals surface area contributed by atoms with Crippen molar-refractivity contribution in [3.63, 3.8) is 0 Å². The molecule has 4 nitrogen and oxygen atoms in total. The number of piperidine rings is 1. The Kier molecular flexibility index (Phi) is 5.01. The molecule has 1 heterocycles. The van der Waals surface area contributed by atoms with Crippen molar-refractivity contribution in [2.24, 2.45) is 0 Å². The van der Waals surface area contributed by atoms with E-state index in [4.69, 9.17) is 0 Å². The third-order valence-electron chi connectivity index (χ3n) is 3.80. The molecule has 1 fully saturated rings. The fraction of sp³-hybridized carbons (Fsp3) is 0.562. The highest BCUT2D eigenvalue weighted by Gasteiger charge is 2.20. The van der Waals surface area contributed by atoms with Gasteiger partial charge in [-0.05, 0) is 38.6 Å². The SMILES string of the molecule is CC(=O)N1CCC(Nc2ccccc2CN(C)C)CC1. The van der Waals surface area contributed by atoms with Crippen LogP contribution in [0.5, 0.6) is 0 Å². The van der Waals surface area contributed by atoms with Crippen LogP contribution in [-0.2, 0) is 11.3 Å². The van der Waals surface area contributed by atoms with Crippen LogP contribution in [0.15, 0.2) is 24.3 Å². The number of hydrogen-bond acceptors (Lipinski definition) is 3. The van der Waals surface area contributed by atoms with Crippen LogP contribution in [0.25, 0.3) is 0 Å². The van der Waals surface area contributed by atoms with Crippen LogP contribution >= 0.6 is 0 Å². The van der Waals surface area contributed by atoms with Gasteiger partial charge in [0.25, 0.3) is 0 Å². The predicted octanol–water partition coefficient (Wildman–Crippen LogP) is 2.17. The van der Waals surface area contributed by atoms with E-state index in [1.54, 1.807) is 6.92 Å². The molecular formula is C16H25N3O. The number of para-hydroxylation sites is 1. The van der Waals surface area contributed by atoms with Gasteiger partial charge in [-0.3, -0.25) is 4.79 Å². The number of likely N-dealkylation sites (tertiary alicyclic amines) is 1. The van der Waals surface area contributed by atoms with Crippen molar-refractivity contribution in [3.05, 3.63) is 29.8 Å². The van der Waals surface area contributed by atoms with Crippen molar-refractivity contribution in [2.75, 3.05) is 32.5 Å². The van der Waals surface area contributed by atoms with Crippen molar-refractivity contribution in [1.82, 2.24) is 9.80 Å². The van der Waals surface area contributed by atoms with Crippen LogP contribution in [0.2, 0.25) is 0 Å². The van der Waals surface area contributed by atoms with E-state index in [1.807, 2.05) is 4.90 Å². The van der Waals surface area contributed by atoms with E-state index in [0.717, 1.165) is 32.5 Å². The van der Waals surface area contributed by atoms with Gasteiger partial charge in [0.1, 0.15) is 0 Å². The van der Waals surface area contributed by atoms with Gasteiger partial charge in [0.15, 0.2) is 0 Å². The van der Waals surface area contributed by atoms with E-state index in [1.165, 1.54) is 11.3 Å². The molecular weight excluding hydrogens is 250 g/mol. The third-order valence-corrected chi connectivity index (χ3v) is 3.80. The number of carbonyl (C=O) groups excluding carboxylic acids is 1. The number of nitrogens with one attached hydrogen (secondary N) is 1. The molecule has 2 rings (SSSR count). The summed E-state index contributed by atoms with van der Waals surface area (Å²) in [5.41, 5.74) is 2.55. The molecule has 1 saturated heterocycles. The molecule has 0 saturated carbocycles. The lowest BCUT2D eigenvalue weighted by Gasteiger charge is -2.32. The number of nitrogens with zero attached hydrogens (tertiary/aromatic N) is 2. The van der Waals surface area contributed by atoms with Crippen LogP contribution in [-0.4, -0.2) is 48.9 Å². The first-order valence-corrected chi connectivity index (χ1v) is 7.31. The second kappa shape index (κ2) is 6.75. The fourth-order valence-electron chi connectivity index (χ4n) is 2.70. The summed E-state index contributed by atoms with van der Waals surface area (Å²) in [6.45, 7) is 4.32. The van der Waals surface area contributed by atoms with Gasteiger partial charge < -0.3 is 15.1 Å². The summed E-state index contributed by atoms with van der Waals surface area (Å²) in [5.74, 6) is 0.191. The molecule has 110 valence electrons. The van der Waals surface area contributed by atoms with Crippen molar-refractivity contribution < 1.29 is 4.79 Å². The molecule has 1 aromatic carbocycles. The molecule has 0 radical (unpaired) electrons. The Hall–Kier alpha value is -1.55. The van der Waals surface area contributed by atoms with Crippen LogP contribution in [0.3, 0.4) is 0 Å². The Balaban J connectivity index is 1.96. The second-order valence-electron chi connectivity index (χ2n) is 5.82. The monoisotopic (exact) mass is 275 g/mol. The van der Waals surface area contributed by atoms with Crippen molar-refractivity contribution in [3.8, 4) is 0 Å². The summed E-state index contributed by atoms with van der Waals surface area (Å²) in [4.78, 5) is 15.5. The molecule has 4 heteroatoms. The topological polar surface area (TPSA) is 35.6 Å². The van der Waals surface area contributed by atoms with Gasteiger partial charge in [0, 0.05) is 38.3 Å². The summed E-state index contributed by atoms with van der Waals surface area (Å²) in [6, 6.07) is 8.95. The lowest BCUT2D eigenvalue weighted by molar-refractivity contribution is -0.129. The van der Waals surface area contributed by atoms with Gasteiger partial charge in [-0.15, -0.1) is 0 Å². The van der Waals surface area contributed by atoms with Crippen LogP contribution in [0.1, 0.15) is 25.3 Å². The van der Waals surface area contributed by atoms with Gasteiger partial charge in [0.2, 0.25) is 5.91 Å². The maximum absolute atomic E-state index is 11.3. The Labute approximate surface area is 121 Å². The first-order valence-electron chi connectivity index (χ1n) is 7.31. The minimum Gasteiger partial charge on any atom is -0.382 e. The van der Waals surface area contributed by atoms with E-state index in [2.05, 4.69) is 48.6 Å². The lowest BCUT2D eigenvalue weighted by Crippen LogP contribution is -2.41. The zero-order valence-electron chi connectivity index (χ0n) is 12.7. The predicted molar refractivity (Wildman–Crippen MR) is 82.7 cm³/mol. The molecule has 0 spiro atoms. The Morgan fingerprint density at radius 3 is 2.55 bits per heavy atom. The van der Waals surface area contributed by atoms with E-state index >= 15 is 0 Å². The number of carbonyl (C=O) groups is 1.